The van der Waals surface area contributed by atoms with Gasteiger partial charge in [-0.05, 0) is 17.7 Å². The predicted molar refractivity (Wildman–Crippen MR) is 103 cm³/mol. The highest BCUT2D eigenvalue weighted by atomic mass is 19.1. The summed E-state index contributed by atoms with van der Waals surface area (Å²) in [5.74, 6) is -1.61. The summed E-state index contributed by atoms with van der Waals surface area (Å²) in [6.45, 7) is 2.51. The molecule has 2 N–H and O–H groups in total. The van der Waals surface area contributed by atoms with Crippen LogP contribution in [-0.2, 0) is 17.8 Å². The lowest BCUT2D eigenvalue weighted by atomic mass is 10.2. The second kappa shape index (κ2) is 7.69. The van der Waals surface area contributed by atoms with Crippen LogP contribution in [0.25, 0.3) is 5.52 Å². The molecule has 9 heteroatoms. The van der Waals surface area contributed by atoms with Crippen LogP contribution in [0.15, 0.2) is 46.2 Å². The van der Waals surface area contributed by atoms with E-state index >= 15 is 0 Å². The fraction of sp³-hybridized carbons (Fsp3) is 0.300. The highest BCUT2D eigenvalue weighted by molar-refractivity contribution is 5.65. The molecule has 2 aromatic heterocycles. The number of nitrogens with zero attached hydrogens (tertiary/aromatic N) is 3. The van der Waals surface area contributed by atoms with Gasteiger partial charge < -0.3 is 19.5 Å². The Morgan fingerprint density at radius 1 is 0.931 bits per heavy atom. The fourth-order valence-corrected chi connectivity index (χ4v) is 3.45. The average Bonchev–Trinajstić information content (AvgIpc) is 2.73. The first-order valence-electron chi connectivity index (χ1n) is 9.19. The minimum absolute atomic E-state index is 0.0255. The molecule has 1 aliphatic rings. The minimum atomic E-state index is -0.639. The molecular formula is C20H20FN3O5. The topological polar surface area (TPSA) is 96.4 Å². The Kier molecular flexibility index (Phi) is 5.08. The third-order valence-corrected chi connectivity index (χ3v) is 5.06. The maximum atomic E-state index is 13.1. The largest absolute Gasteiger partial charge is 0.504 e. The van der Waals surface area contributed by atoms with Crippen LogP contribution < -0.4 is 11.1 Å². The molecule has 0 bridgehead atoms. The standard InChI is InChI=1S/C20H20FN3O5/c21-14-3-1-13(2-4-14)11-23-5-6-24-16(20(23)28)18(26)17(25)15(19(24)27)12-22-7-9-29-10-8-22/h1-6,25-26H,7-12H2. The van der Waals surface area contributed by atoms with Gasteiger partial charge in [0.25, 0.3) is 11.1 Å². The van der Waals surface area contributed by atoms with Gasteiger partial charge in [0.05, 0.1) is 25.3 Å². The van der Waals surface area contributed by atoms with Crippen LogP contribution in [0.3, 0.4) is 0 Å². The number of hydrogen-bond acceptors (Lipinski definition) is 6. The van der Waals surface area contributed by atoms with Gasteiger partial charge in [-0.2, -0.15) is 0 Å². The lowest BCUT2D eigenvalue weighted by molar-refractivity contribution is 0.0336. The highest BCUT2D eigenvalue weighted by Gasteiger charge is 2.22. The van der Waals surface area contributed by atoms with Crippen LogP contribution in [0.1, 0.15) is 11.1 Å². The van der Waals surface area contributed by atoms with E-state index in [-0.39, 0.29) is 30.0 Å². The van der Waals surface area contributed by atoms with Crippen molar-refractivity contribution >= 4 is 5.52 Å². The van der Waals surface area contributed by atoms with Crippen molar-refractivity contribution in [3.8, 4) is 11.5 Å². The Balaban J connectivity index is 1.77. The SMILES string of the molecule is O=c1c2c(O)c(O)c(CN3CCOCC3)c(=O)n2ccn1Cc1ccc(F)cc1. The minimum Gasteiger partial charge on any atom is -0.504 e. The van der Waals surface area contributed by atoms with Crippen molar-refractivity contribution in [3.05, 3.63) is 74.3 Å². The van der Waals surface area contributed by atoms with Gasteiger partial charge in [0.1, 0.15) is 5.82 Å². The summed E-state index contributed by atoms with van der Waals surface area (Å²) in [5, 5.41) is 20.9. The van der Waals surface area contributed by atoms with Crippen LogP contribution in [-0.4, -0.2) is 50.4 Å². The van der Waals surface area contributed by atoms with E-state index in [9.17, 15) is 24.2 Å². The molecule has 0 unspecified atom stereocenters. The van der Waals surface area contributed by atoms with Crippen LogP contribution in [0.2, 0.25) is 0 Å². The number of aromatic nitrogens is 2. The normalized spacial score (nSPS) is 15.1. The summed E-state index contributed by atoms with van der Waals surface area (Å²) in [6.07, 6.45) is 2.81. The summed E-state index contributed by atoms with van der Waals surface area (Å²) in [7, 11) is 0. The predicted octanol–water partition coefficient (Wildman–Crippen LogP) is 0.892. The zero-order valence-corrected chi connectivity index (χ0v) is 15.5. The molecule has 3 aromatic rings. The molecule has 0 amide bonds. The van der Waals surface area contributed by atoms with E-state index in [4.69, 9.17) is 4.74 Å². The molecule has 0 spiro atoms. The summed E-state index contributed by atoms with van der Waals surface area (Å²) in [5.41, 5.74) is -0.805. The Morgan fingerprint density at radius 2 is 1.62 bits per heavy atom. The van der Waals surface area contributed by atoms with Gasteiger partial charge in [-0.1, -0.05) is 12.1 Å². The molecule has 29 heavy (non-hydrogen) atoms. The van der Waals surface area contributed by atoms with Gasteiger partial charge >= 0.3 is 0 Å². The van der Waals surface area contributed by atoms with Crippen molar-refractivity contribution in [2.75, 3.05) is 26.3 Å². The second-order valence-corrected chi connectivity index (χ2v) is 6.95. The van der Waals surface area contributed by atoms with Crippen molar-refractivity contribution in [1.29, 1.82) is 0 Å². The van der Waals surface area contributed by atoms with Gasteiger partial charge in [0, 0.05) is 32.0 Å². The fourth-order valence-electron chi connectivity index (χ4n) is 3.45. The summed E-state index contributed by atoms with van der Waals surface area (Å²) in [6, 6.07) is 5.65. The van der Waals surface area contributed by atoms with Crippen molar-refractivity contribution in [2.45, 2.75) is 13.1 Å². The number of aromatic hydroxyl groups is 2. The summed E-state index contributed by atoms with van der Waals surface area (Å²) in [4.78, 5) is 27.7. The number of halogens is 1. The van der Waals surface area contributed by atoms with E-state index < -0.39 is 22.6 Å². The Bertz CT molecular complexity index is 1160. The molecule has 1 aliphatic heterocycles. The van der Waals surface area contributed by atoms with E-state index in [2.05, 4.69) is 0 Å². The van der Waals surface area contributed by atoms with E-state index in [0.29, 0.717) is 31.9 Å². The van der Waals surface area contributed by atoms with Crippen molar-refractivity contribution in [1.82, 2.24) is 13.9 Å². The number of hydrogen-bond donors (Lipinski definition) is 2. The summed E-state index contributed by atoms with van der Waals surface area (Å²) < 4.78 is 20.7. The molecule has 0 atom stereocenters. The molecule has 152 valence electrons. The number of rotatable bonds is 4. The lowest BCUT2D eigenvalue weighted by Crippen LogP contribution is -2.38. The van der Waals surface area contributed by atoms with Crippen LogP contribution in [0, 0.1) is 5.82 Å². The molecule has 3 heterocycles. The zero-order chi connectivity index (χ0) is 20.5. The number of ether oxygens (including phenoxy) is 1. The number of pyridine rings is 1. The van der Waals surface area contributed by atoms with Crippen LogP contribution in [0.4, 0.5) is 4.39 Å². The van der Waals surface area contributed by atoms with Gasteiger partial charge in [-0.3, -0.25) is 18.9 Å². The molecule has 4 rings (SSSR count). The van der Waals surface area contributed by atoms with Gasteiger partial charge in [0.2, 0.25) is 0 Å². The van der Waals surface area contributed by atoms with Gasteiger partial charge in [-0.25, -0.2) is 4.39 Å². The monoisotopic (exact) mass is 401 g/mol. The molecule has 0 saturated carbocycles. The van der Waals surface area contributed by atoms with E-state index in [0.717, 1.165) is 4.40 Å². The van der Waals surface area contributed by atoms with Crippen LogP contribution >= 0.6 is 0 Å². The van der Waals surface area contributed by atoms with Crippen molar-refractivity contribution < 1.29 is 19.3 Å². The quantitative estimate of drug-likeness (QED) is 0.674. The first-order valence-corrected chi connectivity index (χ1v) is 9.19. The first kappa shape index (κ1) is 19.2. The average molecular weight is 401 g/mol. The Hall–Kier alpha value is -3.17. The molecular weight excluding hydrogens is 381 g/mol. The molecule has 0 aliphatic carbocycles. The molecule has 8 nitrogen and oxygen atoms in total. The molecule has 0 radical (unpaired) electrons. The first-order chi connectivity index (χ1) is 14.0. The zero-order valence-electron chi connectivity index (χ0n) is 15.5. The smallest absolute Gasteiger partial charge is 0.279 e. The van der Waals surface area contributed by atoms with Gasteiger partial charge in [-0.15, -0.1) is 0 Å². The molecule has 1 fully saturated rings. The van der Waals surface area contributed by atoms with E-state index in [1.165, 1.54) is 29.1 Å². The highest BCUT2D eigenvalue weighted by Crippen LogP contribution is 2.30. The van der Waals surface area contributed by atoms with Crippen molar-refractivity contribution in [2.24, 2.45) is 0 Å². The van der Waals surface area contributed by atoms with Crippen LogP contribution in [0.5, 0.6) is 11.5 Å². The summed E-state index contributed by atoms with van der Waals surface area (Å²) >= 11 is 0. The molecule has 1 saturated heterocycles. The van der Waals surface area contributed by atoms with E-state index in [1.54, 1.807) is 12.1 Å². The van der Waals surface area contributed by atoms with Gasteiger partial charge in [0.15, 0.2) is 17.0 Å². The molecule has 1 aromatic carbocycles. The maximum Gasteiger partial charge on any atom is 0.279 e. The Labute approximate surface area is 164 Å². The van der Waals surface area contributed by atoms with E-state index in [1.807, 2.05) is 4.90 Å². The Morgan fingerprint density at radius 3 is 2.31 bits per heavy atom. The van der Waals surface area contributed by atoms with Crippen molar-refractivity contribution in [3.63, 3.8) is 0 Å². The third-order valence-electron chi connectivity index (χ3n) is 5.06. The lowest BCUT2D eigenvalue weighted by Gasteiger charge is -2.26. The number of morpholine rings is 1. The maximum absolute atomic E-state index is 13.1. The second-order valence-electron chi connectivity index (χ2n) is 6.95. The number of benzene rings is 1. The number of fused-ring (bicyclic) bond motifs is 1. The third kappa shape index (κ3) is 3.62.